The van der Waals surface area contributed by atoms with Gasteiger partial charge in [-0.25, -0.2) is 0 Å². The molecule has 3 nitrogen and oxygen atoms in total. The Kier molecular flexibility index (Phi) is 5.78. The highest BCUT2D eigenvalue weighted by atomic mass is 16.5. The molecule has 0 saturated heterocycles. The zero-order chi connectivity index (χ0) is 15.1. The standard InChI is InChI=1S/C18H23NO2/c1-14(16-9-6-10-18(12-16)21-2)19-17(13-20)11-15-7-4-3-5-8-15/h3-10,12,14,17,19-20H,11,13H2,1-2H3/t14?,17-/m1/s1. The van der Waals surface area contributed by atoms with Crippen LogP contribution in [0.1, 0.15) is 24.1 Å². The minimum absolute atomic E-state index is 0.0357. The SMILES string of the molecule is COc1cccc(C(C)N[C@@H](CO)Cc2ccccc2)c1. The molecule has 3 heteroatoms. The van der Waals surface area contributed by atoms with Gasteiger partial charge in [0.15, 0.2) is 0 Å². The Hall–Kier alpha value is -1.84. The van der Waals surface area contributed by atoms with Crippen molar-refractivity contribution in [3.05, 3.63) is 65.7 Å². The summed E-state index contributed by atoms with van der Waals surface area (Å²) in [6, 6.07) is 18.4. The maximum absolute atomic E-state index is 9.60. The second kappa shape index (κ2) is 7.81. The van der Waals surface area contributed by atoms with Crippen molar-refractivity contribution < 1.29 is 9.84 Å². The fourth-order valence-electron chi connectivity index (χ4n) is 2.44. The molecular weight excluding hydrogens is 262 g/mol. The van der Waals surface area contributed by atoms with Gasteiger partial charge in [-0.05, 0) is 36.6 Å². The second-order valence-corrected chi connectivity index (χ2v) is 5.23. The normalized spacial score (nSPS) is 13.7. The molecule has 0 bridgehead atoms. The molecule has 21 heavy (non-hydrogen) atoms. The average molecular weight is 285 g/mol. The van der Waals surface area contributed by atoms with Crippen molar-refractivity contribution in [3.63, 3.8) is 0 Å². The lowest BCUT2D eigenvalue weighted by atomic mass is 10.0. The first kappa shape index (κ1) is 15.5. The molecule has 0 amide bonds. The highest BCUT2D eigenvalue weighted by molar-refractivity contribution is 5.30. The maximum Gasteiger partial charge on any atom is 0.119 e. The molecule has 1 unspecified atom stereocenters. The third kappa shape index (κ3) is 4.59. The fraction of sp³-hybridized carbons (Fsp3) is 0.333. The molecule has 0 aliphatic rings. The van der Waals surface area contributed by atoms with Gasteiger partial charge < -0.3 is 15.2 Å². The van der Waals surface area contributed by atoms with E-state index in [4.69, 9.17) is 4.74 Å². The summed E-state index contributed by atoms with van der Waals surface area (Å²) in [5, 5.41) is 13.1. The van der Waals surface area contributed by atoms with Gasteiger partial charge in [-0.2, -0.15) is 0 Å². The zero-order valence-corrected chi connectivity index (χ0v) is 12.6. The van der Waals surface area contributed by atoms with Crippen molar-refractivity contribution in [1.29, 1.82) is 0 Å². The number of ether oxygens (including phenoxy) is 1. The monoisotopic (exact) mass is 285 g/mol. The van der Waals surface area contributed by atoms with E-state index in [9.17, 15) is 5.11 Å². The van der Waals surface area contributed by atoms with Gasteiger partial charge in [-0.15, -0.1) is 0 Å². The van der Waals surface area contributed by atoms with E-state index < -0.39 is 0 Å². The number of hydrogen-bond donors (Lipinski definition) is 2. The molecule has 0 heterocycles. The number of methoxy groups -OCH3 is 1. The number of rotatable bonds is 7. The Morgan fingerprint density at radius 2 is 1.86 bits per heavy atom. The highest BCUT2D eigenvalue weighted by Gasteiger charge is 2.13. The third-order valence-corrected chi connectivity index (χ3v) is 3.62. The summed E-state index contributed by atoms with van der Waals surface area (Å²) in [5.41, 5.74) is 2.38. The summed E-state index contributed by atoms with van der Waals surface area (Å²) in [5.74, 6) is 0.852. The first-order chi connectivity index (χ1) is 10.2. The van der Waals surface area contributed by atoms with Crippen LogP contribution in [0.5, 0.6) is 5.75 Å². The molecule has 0 spiro atoms. The largest absolute Gasteiger partial charge is 0.497 e. The van der Waals surface area contributed by atoms with E-state index in [0.29, 0.717) is 0 Å². The summed E-state index contributed by atoms with van der Waals surface area (Å²) in [6.45, 7) is 2.21. The first-order valence-electron chi connectivity index (χ1n) is 7.27. The summed E-state index contributed by atoms with van der Waals surface area (Å²) in [4.78, 5) is 0. The molecular formula is C18H23NO2. The molecule has 0 aromatic heterocycles. The molecule has 2 aromatic rings. The van der Waals surface area contributed by atoms with Gasteiger partial charge >= 0.3 is 0 Å². The van der Waals surface area contributed by atoms with Crippen molar-refractivity contribution in [2.75, 3.05) is 13.7 Å². The topological polar surface area (TPSA) is 41.5 Å². The predicted molar refractivity (Wildman–Crippen MR) is 85.6 cm³/mol. The zero-order valence-electron chi connectivity index (χ0n) is 12.6. The molecule has 112 valence electrons. The van der Waals surface area contributed by atoms with Crippen LogP contribution in [0.15, 0.2) is 54.6 Å². The van der Waals surface area contributed by atoms with Gasteiger partial charge in [0, 0.05) is 12.1 Å². The number of nitrogens with one attached hydrogen (secondary N) is 1. The molecule has 2 N–H and O–H groups in total. The minimum Gasteiger partial charge on any atom is -0.497 e. The Bertz CT molecular complexity index is 542. The molecule has 2 aromatic carbocycles. The minimum atomic E-state index is 0.0357. The Morgan fingerprint density at radius 1 is 1.10 bits per heavy atom. The van der Waals surface area contributed by atoms with Gasteiger partial charge in [-0.3, -0.25) is 0 Å². The number of benzene rings is 2. The quantitative estimate of drug-likeness (QED) is 0.822. The lowest BCUT2D eigenvalue weighted by Gasteiger charge is -2.22. The molecule has 0 saturated carbocycles. The van der Waals surface area contributed by atoms with Gasteiger partial charge in [0.05, 0.1) is 13.7 Å². The average Bonchev–Trinajstić information content (AvgIpc) is 2.55. The van der Waals surface area contributed by atoms with Gasteiger partial charge in [0.2, 0.25) is 0 Å². The van der Waals surface area contributed by atoms with Crippen molar-refractivity contribution in [2.24, 2.45) is 0 Å². The van der Waals surface area contributed by atoms with Gasteiger partial charge in [-0.1, -0.05) is 42.5 Å². The predicted octanol–water partition coefficient (Wildman–Crippen LogP) is 2.95. The maximum atomic E-state index is 9.60. The van der Waals surface area contributed by atoms with Gasteiger partial charge in [0.25, 0.3) is 0 Å². The number of aliphatic hydroxyl groups excluding tert-OH is 1. The van der Waals surface area contributed by atoms with E-state index in [0.717, 1.165) is 17.7 Å². The number of hydrogen-bond acceptors (Lipinski definition) is 3. The van der Waals surface area contributed by atoms with Crippen LogP contribution in [-0.2, 0) is 6.42 Å². The van der Waals surface area contributed by atoms with Crippen LogP contribution in [0.25, 0.3) is 0 Å². The van der Waals surface area contributed by atoms with Crippen LogP contribution in [0.3, 0.4) is 0 Å². The van der Waals surface area contributed by atoms with Crippen LogP contribution < -0.4 is 10.1 Å². The Balaban J connectivity index is 2.00. The molecule has 0 aliphatic heterocycles. The number of aliphatic hydroxyl groups is 1. The highest BCUT2D eigenvalue weighted by Crippen LogP contribution is 2.19. The van der Waals surface area contributed by atoms with Crippen molar-refractivity contribution in [2.45, 2.75) is 25.4 Å². The molecule has 2 rings (SSSR count). The summed E-state index contributed by atoms with van der Waals surface area (Å²) < 4.78 is 5.25. The van der Waals surface area contributed by atoms with E-state index in [1.807, 2.05) is 36.4 Å². The Labute approximate surface area is 126 Å². The van der Waals surface area contributed by atoms with Crippen LogP contribution in [-0.4, -0.2) is 24.9 Å². The van der Waals surface area contributed by atoms with Crippen LogP contribution in [0.2, 0.25) is 0 Å². The third-order valence-electron chi connectivity index (χ3n) is 3.62. The van der Waals surface area contributed by atoms with E-state index >= 15 is 0 Å². The van der Waals surface area contributed by atoms with E-state index in [1.165, 1.54) is 5.56 Å². The molecule has 0 aliphatic carbocycles. The smallest absolute Gasteiger partial charge is 0.119 e. The fourth-order valence-corrected chi connectivity index (χ4v) is 2.44. The summed E-state index contributed by atoms with van der Waals surface area (Å²) in [7, 11) is 1.67. The molecule has 0 fully saturated rings. The van der Waals surface area contributed by atoms with Crippen LogP contribution in [0, 0.1) is 0 Å². The van der Waals surface area contributed by atoms with E-state index in [2.05, 4.69) is 30.4 Å². The van der Waals surface area contributed by atoms with Gasteiger partial charge in [0.1, 0.15) is 5.75 Å². The van der Waals surface area contributed by atoms with Crippen molar-refractivity contribution in [3.8, 4) is 5.75 Å². The van der Waals surface area contributed by atoms with Crippen LogP contribution in [0.4, 0.5) is 0 Å². The first-order valence-corrected chi connectivity index (χ1v) is 7.27. The molecule has 0 radical (unpaired) electrons. The Morgan fingerprint density at radius 3 is 2.52 bits per heavy atom. The van der Waals surface area contributed by atoms with E-state index in [-0.39, 0.29) is 18.7 Å². The lowest BCUT2D eigenvalue weighted by Crippen LogP contribution is -2.36. The summed E-state index contributed by atoms with van der Waals surface area (Å²) >= 11 is 0. The second-order valence-electron chi connectivity index (χ2n) is 5.23. The van der Waals surface area contributed by atoms with Crippen LogP contribution >= 0.6 is 0 Å². The lowest BCUT2D eigenvalue weighted by molar-refractivity contribution is 0.232. The summed E-state index contributed by atoms with van der Waals surface area (Å²) in [6.07, 6.45) is 0.811. The van der Waals surface area contributed by atoms with E-state index in [1.54, 1.807) is 7.11 Å². The molecule has 2 atom stereocenters. The van der Waals surface area contributed by atoms with Crippen molar-refractivity contribution in [1.82, 2.24) is 5.32 Å². The van der Waals surface area contributed by atoms with Crippen molar-refractivity contribution >= 4 is 0 Å².